The zero-order valence-electron chi connectivity index (χ0n) is 46.4. The molecule has 3 atom stereocenters. The predicted molar refractivity (Wildman–Crippen MR) is 313 cm³/mol. The number of β-amino-alcohol motifs (C(OH)–C–C–N with tert-alkyl or cyclic N) is 3. The van der Waals surface area contributed by atoms with E-state index in [1.165, 1.54) is 16.7 Å². The van der Waals surface area contributed by atoms with Gasteiger partial charge in [-0.1, -0.05) is 91.0 Å². The quantitative estimate of drug-likeness (QED) is 0.0448. The molecule has 15 heteroatoms. The van der Waals surface area contributed by atoms with Gasteiger partial charge in [-0.2, -0.15) is 0 Å². The van der Waals surface area contributed by atoms with Gasteiger partial charge in [-0.25, -0.2) is 0 Å². The van der Waals surface area contributed by atoms with Crippen molar-refractivity contribution in [3.05, 3.63) is 254 Å². The van der Waals surface area contributed by atoms with Gasteiger partial charge in [-0.15, -0.1) is 0 Å². The summed E-state index contributed by atoms with van der Waals surface area (Å²) in [6.07, 6.45) is 23.6. The highest BCUT2D eigenvalue weighted by atomic mass is 16.5. The van der Waals surface area contributed by atoms with Gasteiger partial charge in [0.25, 0.3) is 0 Å². The molecule has 9 rings (SSSR count). The Balaban J connectivity index is 0.000000175. The Bertz CT molecular complexity index is 2590. The summed E-state index contributed by atoms with van der Waals surface area (Å²) in [6.45, 7) is 2.05. The molecule has 15 nitrogen and oxygen atoms in total. The summed E-state index contributed by atoms with van der Waals surface area (Å²) >= 11 is 0. The molecule has 6 aromatic rings. The summed E-state index contributed by atoms with van der Waals surface area (Å²) in [7, 11) is 5.01. The van der Waals surface area contributed by atoms with Gasteiger partial charge in [0, 0.05) is 37.2 Å². The zero-order chi connectivity index (χ0) is 56.7. The fraction of sp³-hybridized carbons (Fsp3) is 0.273. The normalized spacial score (nSPS) is 13.9. The molecular weight excluding hydrogens is 1030 g/mol. The third-order valence-electron chi connectivity index (χ3n) is 13.0. The predicted octanol–water partition coefficient (Wildman–Crippen LogP) is 10.5. The topological polar surface area (TPSA) is 153 Å². The van der Waals surface area contributed by atoms with Crippen LogP contribution < -0.4 is 28.4 Å². The van der Waals surface area contributed by atoms with Gasteiger partial charge in [-0.05, 0) is 127 Å². The first-order valence-electron chi connectivity index (χ1n) is 27.0. The first-order chi connectivity index (χ1) is 39.7. The SMILES string of the molecule is COc1ccc(CCc2ccccc2OCC(O)CN2C=COC=C2)cc1.COc1ccc(CCc2ccccc2OC[C@@H](O)CN2C=COC=C2)cc1.COc1ccc(CCc2ccccc2OC[C@H](O)CN2C=COC=C2)cc1. The lowest BCUT2D eigenvalue weighted by atomic mass is 10.0. The molecule has 3 aliphatic rings. The van der Waals surface area contributed by atoms with Crippen molar-refractivity contribution in [2.24, 2.45) is 0 Å². The average molecular weight is 1100 g/mol. The fourth-order valence-corrected chi connectivity index (χ4v) is 8.54. The van der Waals surface area contributed by atoms with E-state index in [0.29, 0.717) is 19.6 Å². The molecule has 0 aromatic heterocycles. The summed E-state index contributed by atoms with van der Waals surface area (Å²) in [5, 5.41) is 30.7. The van der Waals surface area contributed by atoms with E-state index in [9.17, 15) is 15.3 Å². The van der Waals surface area contributed by atoms with Crippen molar-refractivity contribution in [1.82, 2.24) is 14.7 Å². The van der Waals surface area contributed by atoms with Crippen molar-refractivity contribution in [1.29, 1.82) is 0 Å². The van der Waals surface area contributed by atoms with Crippen molar-refractivity contribution in [2.75, 3.05) is 60.8 Å². The molecule has 0 bridgehead atoms. The Kier molecular flexibility index (Phi) is 24.9. The van der Waals surface area contributed by atoms with Crippen LogP contribution in [0.4, 0.5) is 0 Å². The fourth-order valence-electron chi connectivity index (χ4n) is 8.54. The molecule has 3 heterocycles. The summed E-state index contributed by atoms with van der Waals surface area (Å²) in [4.78, 5) is 5.56. The molecule has 3 N–H and O–H groups in total. The molecule has 0 saturated heterocycles. The number of hydrogen-bond donors (Lipinski definition) is 3. The second-order valence-electron chi connectivity index (χ2n) is 19.0. The highest BCUT2D eigenvalue weighted by Crippen LogP contribution is 2.25. The number of benzene rings is 6. The average Bonchev–Trinajstić information content (AvgIpc) is 3.52. The lowest BCUT2D eigenvalue weighted by Gasteiger charge is -2.21. The molecule has 0 spiro atoms. The van der Waals surface area contributed by atoms with Crippen LogP contribution in [0, 0.1) is 0 Å². The van der Waals surface area contributed by atoms with E-state index in [1.54, 1.807) is 96.1 Å². The van der Waals surface area contributed by atoms with Gasteiger partial charge in [0.15, 0.2) is 0 Å². The molecule has 0 saturated carbocycles. The Morgan fingerprint density at radius 3 is 0.827 bits per heavy atom. The maximum atomic E-state index is 10.2. The lowest BCUT2D eigenvalue weighted by Crippen LogP contribution is -2.30. The van der Waals surface area contributed by atoms with Crippen molar-refractivity contribution < 1.29 is 58.0 Å². The molecule has 0 amide bonds. The largest absolute Gasteiger partial charge is 0.497 e. The second kappa shape index (κ2) is 33.6. The summed E-state index contributed by atoms with van der Waals surface area (Å²) in [5.74, 6) is 5.04. The molecule has 0 aliphatic carbocycles. The van der Waals surface area contributed by atoms with E-state index in [-0.39, 0.29) is 19.8 Å². The number of methoxy groups -OCH3 is 3. The number of para-hydroxylation sites is 3. The van der Waals surface area contributed by atoms with Gasteiger partial charge in [0.2, 0.25) is 0 Å². The number of rotatable bonds is 27. The van der Waals surface area contributed by atoms with Crippen molar-refractivity contribution in [3.63, 3.8) is 0 Å². The molecule has 1 unspecified atom stereocenters. The number of nitrogens with zero attached hydrogens (tertiary/aromatic N) is 3. The maximum absolute atomic E-state index is 10.2. The summed E-state index contributed by atoms with van der Waals surface area (Å²) in [5.41, 5.74) is 7.13. The molecule has 6 aromatic carbocycles. The molecule has 0 fully saturated rings. The lowest BCUT2D eigenvalue weighted by molar-refractivity contribution is 0.0887. The van der Waals surface area contributed by atoms with E-state index in [0.717, 1.165) is 89.7 Å². The van der Waals surface area contributed by atoms with Crippen LogP contribution >= 0.6 is 0 Å². The van der Waals surface area contributed by atoms with Crippen LogP contribution in [0.15, 0.2) is 220 Å². The first-order valence-corrected chi connectivity index (χ1v) is 27.0. The highest BCUT2D eigenvalue weighted by molar-refractivity contribution is 5.38. The van der Waals surface area contributed by atoms with Gasteiger partial charge in [0.05, 0.1) is 41.0 Å². The van der Waals surface area contributed by atoms with E-state index in [4.69, 9.17) is 42.6 Å². The van der Waals surface area contributed by atoms with E-state index in [1.807, 2.05) is 106 Å². The minimum absolute atomic E-state index is 0.235. The molecule has 81 heavy (non-hydrogen) atoms. The smallest absolute Gasteiger partial charge is 0.122 e. The van der Waals surface area contributed by atoms with Gasteiger partial charge in [0.1, 0.15) is 110 Å². The van der Waals surface area contributed by atoms with Gasteiger partial charge < -0.3 is 72.7 Å². The van der Waals surface area contributed by atoms with Crippen LogP contribution in [-0.4, -0.2) is 109 Å². The maximum Gasteiger partial charge on any atom is 0.122 e. The zero-order valence-corrected chi connectivity index (χ0v) is 46.4. The molecular formula is C66H75N3O12. The number of aliphatic hydroxyl groups excluding tert-OH is 3. The van der Waals surface area contributed by atoms with Gasteiger partial charge >= 0.3 is 0 Å². The van der Waals surface area contributed by atoms with Crippen LogP contribution in [0.25, 0.3) is 0 Å². The number of ether oxygens (including phenoxy) is 9. The third kappa shape index (κ3) is 21.4. The van der Waals surface area contributed by atoms with Crippen molar-refractivity contribution in [3.8, 4) is 34.5 Å². The van der Waals surface area contributed by atoms with Crippen molar-refractivity contribution >= 4 is 0 Å². The second-order valence-corrected chi connectivity index (χ2v) is 19.0. The molecule has 0 radical (unpaired) electrons. The summed E-state index contributed by atoms with van der Waals surface area (Å²) < 4.78 is 48.2. The monoisotopic (exact) mass is 1100 g/mol. The Hall–Kier alpha value is -8.76. The standard InChI is InChI=1S/3C22H25NO4/c3*1-25-21-10-7-18(8-11-21)6-9-19-4-2-3-5-22(19)27-17-20(24)16-23-12-14-26-15-13-23/h3*2-5,7-8,10-15,20,24H,6,9,16-17H2,1H3/t2*20-;/m10./s1. The first kappa shape index (κ1) is 59.9. The summed E-state index contributed by atoms with van der Waals surface area (Å²) in [6, 6.07) is 48.3. The highest BCUT2D eigenvalue weighted by Gasteiger charge is 2.15. The minimum atomic E-state index is -0.605. The van der Waals surface area contributed by atoms with Crippen LogP contribution in [0.2, 0.25) is 0 Å². The van der Waals surface area contributed by atoms with E-state index < -0.39 is 18.3 Å². The number of aliphatic hydroxyl groups is 3. The molecule has 426 valence electrons. The third-order valence-corrected chi connectivity index (χ3v) is 13.0. The van der Waals surface area contributed by atoms with Crippen LogP contribution in [0.1, 0.15) is 33.4 Å². The van der Waals surface area contributed by atoms with E-state index >= 15 is 0 Å². The van der Waals surface area contributed by atoms with Gasteiger partial charge in [-0.3, -0.25) is 0 Å². The Morgan fingerprint density at radius 1 is 0.333 bits per heavy atom. The minimum Gasteiger partial charge on any atom is -0.497 e. The van der Waals surface area contributed by atoms with Crippen LogP contribution in [0.3, 0.4) is 0 Å². The van der Waals surface area contributed by atoms with Crippen LogP contribution in [0.5, 0.6) is 34.5 Å². The Labute approximate surface area is 476 Å². The van der Waals surface area contributed by atoms with Crippen LogP contribution in [-0.2, 0) is 52.7 Å². The van der Waals surface area contributed by atoms with E-state index in [2.05, 4.69) is 54.6 Å². The number of aryl methyl sites for hydroxylation is 6. The molecule has 3 aliphatic heterocycles. The van der Waals surface area contributed by atoms with Crippen molar-refractivity contribution in [2.45, 2.75) is 56.8 Å². The Morgan fingerprint density at radius 2 is 0.580 bits per heavy atom. The number of hydrogen-bond acceptors (Lipinski definition) is 15.